The molecular formula is C27H33Cl2N3O. The Morgan fingerprint density at radius 1 is 1.00 bits per heavy atom. The Morgan fingerprint density at radius 2 is 1.70 bits per heavy atom. The molecule has 1 aromatic heterocycles. The Balaban J connectivity index is 0.00000193. The number of amides is 1. The second-order valence-electron chi connectivity index (χ2n) is 8.68. The fourth-order valence-corrected chi connectivity index (χ4v) is 4.61. The predicted molar refractivity (Wildman–Crippen MR) is 139 cm³/mol. The number of aryl methyl sites for hydroxylation is 2. The zero-order valence-electron chi connectivity index (χ0n) is 19.2. The summed E-state index contributed by atoms with van der Waals surface area (Å²) >= 11 is 0. The van der Waals surface area contributed by atoms with Gasteiger partial charge in [-0.05, 0) is 62.4 Å². The van der Waals surface area contributed by atoms with E-state index in [1.54, 1.807) is 6.20 Å². The molecule has 0 bridgehead atoms. The lowest BCUT2D eigenvalue weighted by Gasteiger charge is -2.40. The van der Waals surface area contributed by atoms with Crippen LogP contribution in [0.1, 0.15) is 45.5 Å². The van der Waals surface area contributed by atoms with Gasteiger partial charge >= 0.3 is 0 Å². The maximum Gasteiger partial charge on any atom is 0.254 e. The van der Waals surface area contributed by atoms with Gasteiger partial charge < -0.3 is 10.2 Å². The summed E-state index contributed by atoms with van der Waals surface area (Å²) in [4.78, 5) is 19.8. The zero-order chi connectivity index (χ0) is 21.6. The Labute approximate surface area is 209 Å². The molecule has 0 saturated carbocycles. The van der Waals surface area contributed by atoms with Gasteiger partial charge in [0, 0.05) is 43.1 Å². The minimum absolute atomic E-state index is 0. The summed E-state index contributed by atoms with van der Waals surface area (Å²) in [5.74, 6) is 0.151. The minimum Gasteiger partial charge on any atom is -0.335 e. The number of hydrogen-bond donors (Lipinski definition) is 1. The van der Waals surface area contributed by atoms with Crippen LogP contribution in [-0.2, 0) is 13.0 Å². The van der Waals surface area contributed by atoms with Crippen molar-refractivity contribution in [3.8, 4) is 0 Å². The number of aromatic nitrogens is 1. The molecule has 1 fully saturated rings. The molecular weight excluding hydrogens is 453 g/mol. The molecule has 1 saturated heterocycles. The van der Waals surface area contributed by atoms with Crippen LogP contribution in [-0.4, -0.2) is 34.4 Å². The Morgan fingerprint density at radius 3 is 2.36 bits per heavy atom. The van der Waals surface area contributed by atoms with Gasteiger partial charge in [0.25, 0.3) is 5.91 Å². The van der Waals surface area contributed by atoms with E-state index >= 15 is 0 Å². The number of halogens is 2. The predicted octanol–water partition coefficient (Wildman–Crippen LogP) is 5.55. The van der Waals surface area contributed by atoms with Gasteiger partial charge in [0.05, 0.1) is 0 Å². The van der Waals surface area contributed by atoms with E-state index in [2.05, 4.69) is 65.4 Å². The SMILES string of the molecule is Cc1cc(C)cc(C(=O)N2CC[C@@H](NCc3cccnc3)C[C@H]2Cc2ccccc2)c1.Cl.Cl. The summed E-state index contributed by atoms with van der Waals surface area (Å²) in [5.41, 5.74) is 5.54. The van der Waals surface area contributed by atoms with Crippen molar-refractivity contribution in [1.29, 1.82) is 0 Å². The monoisotopic (exact) mass is 485 g/mol. The minimum atomic E-state index is 0. The summed E-state index contributed by atoms with van der Waals surface area (Å²) in [7, 11) is 0. The quantitative estimate of drug-likeness (QED) is 0.497. The highest BCUT2D eigenvalue weighted by Crippen LogP contribution is 2.24. The Kier molecular flexibility index (Phi) is 10.4. The average molecular weight is 486 g/mol. The third-order valence-electron chi connectivity index (χ3n) is 6.08. The van der Waals surface area contributed by atoms with Crippen molar-refractivity contribution in [2.75, 3.05) is 6.54 Å². The molecule has 33 heavy (non-hydrogen) atoms. The third-order valence-corrected chi connectivity index (χ3v) is 6.08. The molecule has 6 heteroatoms. The van der Waals surface area contributed by atoms with Gasteiger partial charge in [-0.1, -0.05) is 53.6 Å². The lowest BCUT2D eigenvalue weighted by Crippen LogP contribution is -2.51. The van der Waals surface area contributed by atoms with Gasteiger partial charge in [-0.3, -0.25) is 9.78 Å². The van der Waals surface area contributed by atoms with Gasteiger partial charge in [-0.15, -0.1) is 24.8 Å². The number of carbonyl (C=O) groups is 1. The van der Waals surface area contributed by atoms with E-state index in [-0.39, 0.29) is 36.8 Å². The second-order valence-corrected chi connectivity index (χ2v) is 8.68. The van der Waals surface area contributed by atoms with Gasteiger partial charge in [0.2, 0.25) is 0 Å². The molecule has 1 aliphatic heterocycles. The maximum absolute atomic E-state index is 13.5. The fraction of sp³-hybridized carbons (Fsp3) is 0.333. The highest BCUT2D eigenvalue weighted by Gasteiger charge is 2.32. The summed E-state index contributed by atoms with van der Waals surface area (Å²) in [6.45, 7) is 5.69. The van der Waals surface area contributed by atoms with Crippen LogP contribution < -0.4 is 5.32 Å². The number of piperidine rings is 1. The first-order valence-corrected chi connectivity index (χ1v) is 11.1. The van der Waals surface area contributed by atoms with Crippen molar-refractivity contribution in [3.05, 3.63) is 101 Å². The normalized spacial score (nSPS) is 17.6. The van der Waals surface area contributed by atoms with Crippen LogP contribution in [0.25, 0.3) is 0 Å². The molecule has 0 aliphatic carbocycles. The molecule has 4 nitrogen and oxygen atoms in total. The van der Waals surface area contributed by atoms with Crippen LogP contribution in [0.4, 0.5) is 0 Å². The highest BCUT2D eigenvalue weighted by atomic mass is 35.5. The molecule has 2 aromatic carbocycles. The molecule has 2 atom stereocenters. The standard InChI is InChI=1S/C27H31N3O.2ClH/c1-20-13-21(2)15-24(14-20)27(31)30-12-10-25(29-19-23-9-6-11-28-18-23)17-26(30)16-22-7-4-3-5-8-22;;/h3-9,11,13-15,18,25-26,29H,10,12,16-17,19H2,1-2H3;2*1H/t25-,26-;;/m1../s1. The average Bonchev–Trinajstić information content (AvgIpc) is 2.78. The van der Waals surface area contributed by atoms with Crippen molar-refractivity contribution in [3.63, 3.8) is 0 Å². The van der Waals surface area contributed by atoms with E-state index in [9.17, 15) is 4.79 Å². The first kappa shape index (κ1) is 26.8. The number of pyridine rings is 1. The van der Waals surface area contributed by atoms with Crippen LogP contribution in [0, 0.1) is 13.8 Å². The van der Waals surface area contributed by atoms with Crippen LogP contribution in [0.15, 0.2) is 73.1 Å². The number of hydrogen-bond acceptors (Lipinski definition) is 3. The van der Waals surface area contributed by atoms with Crippen molar-refractivity contribution in [1.82, 2.24) is 15.2 Å². The van der Waals surface area contributed by atoms with E-state index in [4.69, 9.17) is 0 Å². The summed E-state index contributed by atoms with van der Waals surface area (Å²) in [5, 5.41) is 3.69. The smallest absolute Gasteiger partial charge is 0.254 e. The lowest BCUT2D eigenvalue weighted by molar-refractivity contribution is 0.0576. The van der Waals surface area contributed by atoms with Crippen molar-refractivity contribution < 1.29 is 4.79 Å². The maximum atomic E-state index is 13.5. The molecule has 1 aliphatic rings. The van der Waals surface area contributed by atoms with E-state index < -0.39 is 0 Å². The second kappa shape index (κ2) is 12.7. The molecule has 0 radical (unpaired) electrons. The summed E-state index contributed by atoms with van der Waals surface area (Å²) in [6.07, 6.45) is 6.50. The fourth-order valence-electron chi connectivity index (χ4n) is 4.61. The zero-order valence-corrected chi connectivity index (χ0v) is 20.9. The molecule has 176 valence electrons. The molecule has 0 unspecified atom stereocenters. The lowest BCUT2D eigenvalue weighted by atomic mass is 9.91. The number of nitrogens with one attached hydrogen (secondary N) is 1. The third kappa shape index (κ3) is 7.29. The van der Waals surface area contributed by atoms with E-state index in [1.165, 1.54) is 11.1 Å². The number of nitrogens with zero attached hydrogens (tertiary/aromatic N) is 2. The molecule has 1 amide bonds. The van der Waals surface area contributed by atoms with Crippen molar-refractivity contribution in [2.24, 2.45) is 0 Å². The number of likely N-dealkylation sites (tertiary alicyclic amines) is 1. The van der Waals surface area contributed by atoms with E-state index in [0.717, 1.165) is 49.0 Å². The number of rotatable bonds is 6. The van der Waals surface area contributed by atoms with Crippen LogP contribution >= 0.6 is 24.8 Å². The van der Waals surface area contributed by atoms with Gasteiger partial charge in [0.1, 0.15) is 0 Å². The molecule has 2 heterocycles. The first-order valence-electron chi connectivity index (χ1n) is 11.1. The Hall–Kier alpha value is -2.40. The molecule has 3 aromatic rings. The number of benzene rings is 2. The van der Waals surface area contributed by atoms with Crippen molar-refractivity contribution >= 4 is 30.7 Å². The molecule has 4 rings (SSSR count). The Bertz CT molecular complexity index is 994. The topological polar surface area (TPSA) is 45.2 Å². The van der Waals surface area contributed by atoms with E-state index in [1.807, 2.05) is 30.5 Å². The van der Waals surface area contributed by atoms with Crippen LogP contribution in [0.5, 0.6) is 0 Å². The van der Waals surface area contributed by atoms with Gasteiger partial charge in [0.15, 0.2) is 0 Å². The summed E-state index contributed by atoms with van der Waals surface area (Å²) in [6, 6.07) is 21.3. The van der Waals surface area contributed by atoms with E-state index in [0.29, 0.717) is 6.04 Å². The largest absolute Gasteiger partial charge is 0.335 e. The summed E-state index contributed by atoms with van der Waals surface area (Å²) < 4.78 is 0. The number of carbonyl (C=O) groups excluding carboxylic acids is 1. The van der Waals surface area contributed by atoms with Gasteiger partial charge in [-0.25, -0.2) is 0 Å². The first-order chi connectivity index (χ1) is 15.1. The van der Waals surface area contributed by atoms with Gasteiger partial charge in [-0.2, -0.15) is 0 Å². The van der Waals surface area contributed by atoms with Crippen molar-refractivity contribution in [2.45, 2.75) is 51.7 Å². The van der Waals surface area contributed by atoms with Crippen LogP contribution in [0.3, 0.4) is 0 Å². The molecule has 1 N–H and O–H groups in total. The molecule has 0 spiro atoms. The van der Waals surface area contributed by atoms with Crippen LogP contribution in [0.2, 0.25) is 0 Å². The highest BCUT2D eigenvalue weighted by molar-refractivity contribution is 5.95.